The number of amides is 2. The molecule has 2 heterocycles. The highest BCUT2D eigenvalue weighted by molar-refractivity contribution is 7.91. The standard InChI is InChI=1S/C14H16N2O5S/c1-14(12(17)15-9-6-7-22(19,20)8-9)13(18)16-10-4-2-3-5-11(10)21-14/h2-5,9H,6-8H2,1H3,(H,15,17)(H,16,18). The summed E-state index contributed by atoms with van der Waals surface area (Å²) in [5.41, 5.74) is -1.22. The van der Waals surface area contributed by atoms with Crippen LogP contribution in [0.1, 0.15) is 13.3 Å². The normalized spacial score (nSPS) is 29.1. The highest BCUT2D eigenvalue weighted by Gasteiger charge is 2.48. The fraction of sp³-hybridized carbons (Fsp3) is 0.429. The summed E-state index contributed by atoms with van der Waals surface area (Å²) in [6, 6.07) is 6.32. The minimum atomic E-state index is -3.11. The molecule has 1 aromatic carbocycles. The molecule has 118 valence electrons. The topological polar surface area (TPSA) is 102 Å². The first-order chi connectivity index (χ1) is 10.3. The molecule has 0 radical (unpaired) electrons. The van der Waals surface area contributed by atoms with Gasteiger partial charge in [-0.05, 0) is 25.5 Å². The maximum absolute atomic E-state index is 12.4. The summed E-state index contributed by atoms with van der Waals surface area (Å²) in [6.45, 7) is 1.37. The van der Waals surface area contributed by atoms with E-state index >= 15 is 0 Å². The molecule has 1 aromatic rings. The van der Waals surface area contributed by atoms with Crippen LogP contribution in [0.3, 0.4) is 0 Å². The molecule has 3 rings (SSSR count). The predicted molar refractivity (Wildman–Crippen MR) is 79.3 cm³/mol. The minimum absolute atomic E-state index is 0.0462. The first-order valence-electron chi connectivity index (χ1n) is 6.91. The fourth-order valence-corrected chi connectivity index (χ4v) is 4.22. The highest BCUT2D eigenvalue weighted by atomic mass is 32.2. The molecule has 2 N–H and O–H groups in total. The number of rotatable bonds is 2. The maximum Gasteiger partial charge on any atom is 0.278 e. The quantitative estimate of drug-likeness (QED) is 0.750. The van der Waals surface area contributed by atoms with Gasteiger partial charge in [0.05, 0.1) is 17.2 Å². The Morgan fingerprint density at radius 1 is 1.41 bits per heavy atom. The number of hydrogen-bond donors (Lipinski definition) is 2. The molecule has 2 aliphatic rings. The van der Waals surface area contributed by atoms with Crippen LogP contribution in [0.2, 0.25) is 0 Å². The molecule has 0 spiro atoms. The van der Waals surface area contributed by atoms with Crippen LogP contribution in [-0.2, 0) is 19.4 Å². The van der Waals surface area contributed by atoms with Crippen molar-refractivity contribution in [2.75, 3.05) is 16.8 Å². The molecule has 1 saturated heterocycles. The molecule has 7 nitrogen and oxygen atoms in total. The van der Waals surface area contributed by atoms with E-state index in [4.69, 9.17) is 4.74 Å². The monoisotopic (exact) mass is 324 g/mol. The molecule has 2 amide bonds. The molecular weight excluding hydrogens is 308 g/mol. The Bertz CT molecular complexity index is 745. The summed E-state index contributed by atoms with van der Waals surface area (Å²) in [5.74, 6) is -0.873. The van der Waals surface area contributed by atoms with Gasteiger partial charge in [-0.1, -0.05) is 12.1 Å². The van der Waals surface area contributed by atoms with Gasteiger partial charge in [-0.3, -0.25) is 9.59 Å². The summed E-state index contributed by atoms with van der Waals surface area (Å²) in [4.78, 5) is 24.6. The second-order valence-corrected chi connectivity index (χ2v) is 7.89. The molecule has 0 aromatic heterocycles. The first-order valence-corrected chi connectivity index (χ1v) is 8.73. The Morgan fingerprint density at radius 3 is 2.82 bits per heavy atom. The molecule has 8 heteroatoms. The van der Waals surface area contributed by atoms with E-state index in [-0.39, 0.29) is 11.5 Å². The first kappa shape index (κ1) is 14.8. The third-order valence-electron chi connectivity index (χ3n) is 3.88. The number of ether oxygens (including phenoxy) is 1. The van der Waals surface area contributed by atoms with Crippen molar-refractivity contribution >= 4 is 27.3 Å². The lowest BCUT2D eigenvalue weighted by Crippen LogP contribution is -2.60. The third-order valence-corrected chi connectivity index (χ3v) is 5.65. The zero-order valence-corrected chi connectivity index (χ0v) is 12.8. The van der Waals surface area contributed by atoms with E-state index in [1.165, 1.54) is 6.92 Å². The van der Waals surface area contributed by atoms with E-state index in [0.717, 1.165) is 0 Å². The van der Waals surface area contributed by atoms with Gasteiger partial charge >= 0.3 is 0 Å². The van der Waals surface area contributed by atoms with Crippen LogP contribution >= 0.6 is 0 Å². The Hall–Kier alpha value is -2.09. The summed E-state index contributed by atoms with van der Waals surface area (Å²) in [5, 5.41) is 5.23. The van der Waals surface area contributed by atoms with Gasteiger partial charge in [0, 0.05) is 6.04 Å². The number of carbonyl (C=O) groups excluding carboxylic acids is 2. The van der Waals surface area contributed by atoms with Crippen LogP contribution in [0.4, 0.5) is 5.69 Å². The number of para-hydroxylation sites is 2. The van der Waals surface area contributed by atoms with E-state index in [9.17, 15) is 18.0 Å². The number of sulfone groups is 1. The van der Waals surface area contributed by atoms with Crippen LogP contribution in [-0.4, -0.2) is 43.4 Å². The van der Waals surface area contributed by atoms with Crippen LogP contribution in [0.5, 0.6) is 5.75 Å². The van der Waals surface area contributed by atoms with Crippen molar-refractivity contribution in [1.29, 1.82) is 0 Å². The van der Waals surface area contributed by atoms with Gasteiger partial charge in [-0.15, -0.1) is 0 Å². The average Bonchev–Trinajstić information content (AvgIpc) is 2.79. The third kappa shape index (κ3) is 2.54. The molecule has 0 bridgehead atoms. The van der Waals surface area contributed by atoms with Gasteiger partial charge in [0.2, 0.25) is 0 Å². The van der Waals surface area contributed by atoms with Crippen molar-refractivity contribution in [3.05, 3.63) is 24.3 Å². The molecule has 1 fully saturated rings. The van der Waals surface area contributed by atoms with Crippen LogP contribution in [0.25, 0.3) is 0 Å². The second-order valence-electron chi connectivity index (χ2n) is 5.66. The van der Waals surface area contributed by atoms with Gasteiger partial charge in [0.15, 0.2) is 9.84 Å². The van der Waals surface area contributed by atoms with E-state index in [1.807, 2.05) is 0 Å². The zero-order chi connectivity index (χ0) is 16.0. The lowest BCUT2D eigenvalue weighted by molar-refractivity contribution is -0.147. The summed E-state index contributed by atoms with van der Waals surface area (Å²) < 4.78 is 28.5. The van der Waals surface area contributed by atoms with Crippen molar-refractivity contribution < 1.29 is 22.7 Å². The van der Waals surface area contributed by atoms with Gasteiger partial charge in [-0.25, -0.2) is 8.42 Å². The van der Waals surface area contributed by atoms with Crippen molar-refractivity contribution in [2.45, 2.75) is 25.0 Å². The van der Waals surface area contributed by atoms with Crippen LogP contribution in [0.15, 0.2) is 24.3 Å². The number of nitrogens with one attached hydrogen (secondary N) is 2. The number of benzene rings is 1. The number of hydrogen-bond acceptors (Lipinski definition) is 5. The van der Waals surface area contributed by atoms with E-state index < -0.39 is 33.3 Å². The maximum atomic E-state index is 12.4. The van der Waals surface area contributed by atoms with E-state index in [2.05, 4.69) is 10.6 Å². The molecular formula is C14H16N2O5S. The molecule has 0 saturated carbocycles. The fourth-order valence-electron chi connectivity index (χ4n) is 2.55. The number of fused-ring (bicyclic) bond motifs is 1. The van der Waals surface area contributed by atoms with Gasteiger partial charge in [0.25, 0.3) is 17.4 Å². The second kappa shape index (κ2) is 4.98. The van der Waals surface area contributed by atoms with Crippen molar-refractivity contribution in [3.8, 4) is 5.75 Å². The summed E-state index contributed by atoms with van der Waals surface area (Å²) in [6.07, 6.45) is 0.350. The molecule has 0 aliphatic carbocycles. The molecule has 2 aliphatic heterocycles. The van der Waals surface area contributed by atoms with Gasteiger partial charge in [0.1, 0.15) is 5.75 Å². The zero-order valence-electron chi connectivity index (χ0n) is 12.0. The smallest absolute Gasteiger partial charge is 0.278 e. The highest BCUT2D eigenvalue weighted by Crippen LogP contribution is 2.33. The largest absolute Gasteiger partial charge is 0.466 e. The van der Waals surface area contributed by atoms with Crippen molar-refractivity contribution in [2.24, 2.45) is 0 Å². The average molecular weight is 324 g/mol. The van der Waals surface area contributed by atoms with Crippen LogP contribution < -0.4 is 15.4 Å². The van der Waals surface area contributed by atoms with Crippen molar-refractivity contribution in [3.63, 3.8) is 0 Å². The van der Waals surface area contributed by atoms with Gasteiger partial charge < -0.3 is 15.4 Å². The SMILES string of the molecule is CC1(C(=O)NC2CCS(=O)(=O)C2)Oc2ccccc2NC1=O. The molecule has 2 atom stereocenters. The lowest BCUT2D eigenvalue weighted by Gasteiger charge is -2.33. The Balaban J connectivity index is 1.78. The molecule has 2 unspecified atom stereocenters. The van der Waals surface area contributed by atoms with Gasteiger partial charge in [-0.2, -0.15) is 0 Å². The van der Waals surface area contributed by atoms with Crippen molar-refractivity contribution in [1.82, 2.24) is 5.32 Å². The predicted octanol–water partition coefficient (Wildman–Crippen LogP) is 0.0795. The summed E-state index contributed by atoms with van der Waals surface area (Å²) in [7, 11) is -3.11. The Morgan fingerprint density at radius 2 is 2.14 bits per heavy atom. The minimum Gasteiger partial charge on any atom is -0.466 e. The Labute approximate surface area is 128 Å². The number of anilines is 1. The lowest BCUT2D eigenvalue weighted by atomic mass is 10.0. The molecule has 22 heavy (non-hydrogen) atoms. The van der Waals surface area contributed by atoms with Crippen LogP contribution in [0, 0.1) is 0 Å². The van der Waals surface area contributed by atoms with E-state index in [0.29, 0.717) is 17.9 Å². The Kier molecular flexibility index (Phi) is 3.36. The number of carbonyl (C=O) groups is 2. The van der Waals surface area contributed by atoms with E-state index in [1.54, 1.807) is 24.3 Å². The summed E-state index contributed by atoms with van der Waals surface area (Å²) >= 11 is 0.